The number of ether oxygens (including phenoxy) is 1. The molecule has 154 valence electrons. The van der Waals surface area contributed by atoms with Crippen molar-refractivity contribution in [3.8, 4) is 0 Å². The largest absolute Gasteiger partial charge is 0.465 e. The summed E-state index contributed by atoms with van der Waals surface area (Å²) in [6.07, 6.45) is 13.6. The molecule has 0 aromatic heterocycles. The highest BCUT2D eigenvalue weighted by molar-refractivity contribution is 5.86. The molecule has 1 amide bonds. The van der Waals surface area contributed by atoms with Crippen molar-refractivity contribution in [2.75, 3.05) is 19.7 Å². The highest BCUT2D eigenvalue weighted by Gasteiger charge is 2.34. The molecular weight excluding hydrogens is 326 g/mol. The van der Waals surface area contributed by atoms with Crippen LogP contribution in [0.5, 0.6) is 0 Å². The summed E-state index contributed by atoms with van der Waals surface area (Å²) in [5.41, 5.74) is 0. The molecule has 0 aliphatic carbocycles. The first-order valence-corrected chi connectivity index (χ1v) is 11.1. The minimum absolute atomic E-state index is 0.119. The second-order valence-corrected chi connectivity index (χ2v) is 7.09. The molecular formula is C22H43NO3. The topological polar surface area (TPSA) is 46.6 Å². The number of hydrogen-bond donors (Lipinski definition) is 0. The molecule has 0 spiro atoms. The number of hydrogen-bond acceptors (Lipinski definition) is 3. The van der Waals surface area contributed by atoms with Gasteiger partial charge in [0.05, 0.1) is 12.5 Å². The van der Waals surface area contributed by atoms with Crippen molar-refractivity contribution >= 4 is 11.9 Å². The van der Waals surface area contributed by atoms with E-state index >= 15 is 0 Å². The lowest BCUT2D eigenvalue weighted by Gasteiger charge is -2.16. The van der Waals surface area contributed by atoms with Crippen molar-refractivity contribution in [3.63, 3.8) is 0 Å². The first kappa shape index (κ1) is 24.9. The van der Waals surface area contributed by atoms with E-state index in [1.807, 2.05) is 18.7 Å². The summed E-state index contributed by atoms with van der Waals surface area (Å²) < 4.78 is 5.30. The highest BCUT2D eigenvalue weighted by Crippen LogP contribution is 2.20. The van der Waals surface area contributed by atoms with Crippen molar-refractivity contribution in [2.45, 2.75) is 105 Å². The highest BCUT2D eigenvalue weighted by atomic mass is 16.5. The lowest BCUT2D eigenvalue weighted by molar-refractivity contribution is -0.148. The molecule has 1 atom stereocenters. The van der Waals surface area contributed by atoms with Crippen LogP contribution >= 0.6 is 0 Å². The van der Waals surface area contributed by atoms with Gasteiger partial charge in [0.25, 0.3) is 0 Å². The third kappa shape index (κ3) is 11.5. The number of amides is 1. The van der Waals surface area contributed by atoms with E-state index in [1.54, 1.807) is 0 Å². The Balaban J connectivity index is 0.00000301. The monoisotopic (exact) mass is 369 g/mol. The van der Waals surface area contributed by atoms with Gasteiger partial charge in [0, 0.05) is 19.5 Å². The molecule has 4 nitrogen and oxygen atoms in total. The van der Waals surface area contributed by atoms with E-state index in [0.717, 1.165) is 32.2 Å². The van der Waals surface area contributed by atoms with Crippen molar-refractivity contribution in [3.05, 3.63) is 0 Å². The Labute approximate surface area is 162 Å². The van der Waals surface area contributed by atoms with Gasteiger partial charge < -0.3 is 9.64 Å². The number of carbonyl (C=O) groups excluding carboxylic acids is 2. The van der Waals surface area contributed by atoms with Crippen LogP contribution in [0.15, 0.2) is 0 Å². The van der Waals surface area contributed by atoms with Gasteiger partial charge in [-0.25, -0.2) is 0 Å². The summed E-state index contributed by atoms with van der Waals surface area (Å²) in [6.45, 7) is 10.2. The average molecular weight is 370 g/mol. The molecule has 1 fully saturated rings. The summed E-state index contributed by atoms with van der Waals surface area (Å²) in [7, 11) is 0. The SMILES string of the molecule is CC.CCCCCCCCCCN1CC(C(=O)OCCCCC)CC1=O. The molecule has 0 aromatic rings. The summed E-state index contributed by atoms with van der Waals surface area (Å²) in [5.74, 6) is -0.306. The quantitative estimate of drug-likeness (QED) is 0.290. The van der Waals surface area contributed by atoms with E-state index < -0.39 is 0 Å². The molecule has 1 rings (SSSR count). The van der Waals surface area contributed by atoms with E-state index in [-0.39, 0.29) is 17.8 Å². The molecule has 0 N–H and O–H groups in total. The van der Waals surface area contributed by atoms with Gasteiger partial charge in [-0.2, -0.15) is 0 Å². The molecule has 26 heavy (non-hydrogen) atoms. The number of likely N-dealkylation sites (tertiary alicyclic amines) is 1. The Hall–Kier alpha value is -1.06. The smallest absolute Gasteiger partial charge is 0.311 e. The Morgan fingerprint density at radius 3 is 2.08 bits per heavy atom. The zero-order valence-electron chi connectivity index (χ0n) is 17.9. The first-order chi connectivity index (χ1) is 12.7. The number of nitrogens with zero attached hydrogens (tertiary/aromatic N) is 1. The van der Waals surface area contributed by atoms with Gasteiger partial charge in [0.1, 0.15) is 0 Å². The fourth-order valence-electron chi connectivity index (χ4n) is 3.23. The van der Waals surface area contributed by atoms with Crippen LogP contribution < -0.4 is 0 Å². The molecule has 4 heteroatoms. The Bertz CT molecular complexity index is 357. The fraction of sp³-hybridized carbons (Fsp3) is 0.909. The molecule has 0 saturated carbocycles. The Morgan fingerprint density at radius 2 is 1.46 bits per heavy atom. The lowest BCUT2D eigenvalue weighted by atomic mass is 10.1. The Kier molecular flexibility index (Phi) is 16.7. The number of carbonyl (C=O) groups is 2. The third-order valence-electron chi connectivity index (χ3n) is 4.82. The standard InChI is InChI=1S/C20H37NO3.C2H6/c1-3-5-7-8-9-10-11-12-14-21-17-18(16-19(21)22)20(23)24-15-13-6-4-2;1-2/h18H,3-17H2,1-2H3;1-2H3. The summed E-state index contributed by atoms with van der Waals surface area (Å²) in [5, 5.41) is 0. The van der Waals surface area contributed by atoms with Gasteiger partial charge in [-0.05, 0) is 12.8 Å². The minimum atomic E-state index is -0.242. The molecule has 0 radical (unpaired) electrons. The molecule has 0 bridgehead atoms. The van der Waals surface area contributed by atoms with Crippen molar-refractivity contribution in [2.24, 2.45) is 5.92 Å². The van der Waals surface area contributed by atoms with Gasteiger partial charge in [0.15, 0.2) is 0 Å². The molecule has 1 unspecified atom stereocenters. The third-order valence-corrected chi connectivity index (χ3v) is 4.82. The van der Waals surface area contributed by atoms with E-state index in [2.05, 4.69) is 13.8 Å². The summed E-state index contributed by atoms with van der Waals surface area (Å²) in [6, 6.07) is 0. The van der Waals surface area contributed by atoms with Crippen molar-refractivity contribution in [1.29, 1.82) is 0 Å². The predicted octanol–water partition coefficient (Wildman–Crippen LogP) is 5.74. The Morgan fingerprint density at radius 1 is 0.923 bits per heavy atom. The summed E-state index contributed by atoms with van der Waals surface area (Å²) >= 11 is 0. The van der Waals surface area contributed by atoms with E-state index in [9.17, 15) is 9.59 Å². The minimum Gasteiger partial charge on any atom is -0.465 e. The molecule has 1 saturated heterocycles. The number of rotatable bonds is 14. The number of esters is 1. The lowest BCUT2D eigenvalue weighted by Crippen LogP contribution is -2.27. The molecule has 0 aromatic carbocycles. The van der Waals surface area contributed by atoms with Crippen LogP contribution in [-0.4, -0.2) is 36.5 Å². The van der Waals surface area contributed by atoms with Gasteiger partial charge in [0.2, 0.25) is 5.91 Å². The van der Waals surface area contributed by atoms with Gasteiger partial charge in [-0.1, -0.05) is 85.5 Å². The second kappa shape index (κ2) is 17.4. The van der Waals surface area contributed by atoms with E-state index in [1.165, 1.54) is 44.9 Å². The van der Waals surface area contributed by atoms with E-state index in [0.29, 0.717) is 19.6 Å². The maximum Gasteiger partial charge on any atom is 0.311 e. The summed E-state index contributed by atoms with van der Waals surface area (Å²) in [4.78, 5) is 25.9. The van der Waals surface area contributed by atoms with Gasteiger partial charge in [-0.15, -0.1) is 0 Å². The van der Waals surface area contributed by atoms with Crippen LogP contribution in [-0.2, 0) is 14.3 Å². The zero-order valence-corrected chi connectivity index (χ0v) is 17.9. The van der Waals surface area contributed by atoms with Crippen LogP contribution in [0.1, 0.15) is 105 Å². The second-order valence-electron chi connectivity index (χ2n) is 7.09. The molecule has 1 aliphatic heterocycles. The maximum atomic E-state index is 12.0. The maximum absolute atomic E-state index is 12.0. The number of unbranched alkanes of at least 4 members (excludes halogenated alkanes) is 9. The van der Waals surface area contributed by atoms with Crippen molar-refractivity contribution in [1.82, 2.24) is 4.90 Å². The van der Waals surface area contributed by atoms with Crippen LogP contribution in [0.3, 0.4) is 0 Å². The molecule has 1 heterocycles. The van der Waals surface area contributed by atoms with Crippen molar-refractivity contribution < 1.29 is 14.3 Å². The van der Waals surface area contributed by atoms with E-state index in [4.69, 9.17) is 4.74 Å². The van der Waals surface area contributed by atoms with Crippen LogP contribution in [0.2, 0.25) is 0 Å². The van der Waals surface area contributed by atoms with Crippen LogP contribution in [0.4, 0.5) is 0 Å². The first-order valence-electron chi connectivity index (χ1n) is 11.1. The molecule has 1 aliphatic rings. The van der Waals surface area contributed by atoms with Gasteiger partial charge in [-0.3, -0.25) is 9.59 Å². The van der Waals surface area contributed by atoms with Gasteiger partial charge >= 0.3 is 5.97 Å². The zero-order chi connectivity index (χ0) is 19.6. The predicted molar refractivity (Wildman–Crippen MR) is 109 cm³/mol. The van der Waals surface area contributed by atoms with Crippen LogP contribution in [0, 0.1) is 5.92 Å². The average Bonchev–Trinajstić information content (AvgIpc) is 3.03. The normalized spacial score (nSPS) is 16.4. The fourth-order valence-corrected chi connectivity index (χ4v) is 3.23. The van der Waals surface area contributed by atoms with Crippen LogP contribution in [0.25, 0.3) is 0 Å².